The van der Waals surface area contributed by atoms with Crippen LogP contribution >= 0.6 is 0 Å². The fourth-order valence-electron chi connectivity index (χ4n) is 9.21. The lowest BCUT2D eigenvalue weighted by molar-refractivity contribution is 1.07. The van der Waals surface area contributed by atoms with Crippen molar-refractivity contribution in [3.05, 3.63) is 224 Å². The molecule has 12 aromatic rings. The first-order chi connectivity index (χ1) is 30.8. The minimum absolute atomic E-state index is 0.634. The van der Waals surface area contributed by atoms with Crippen molar-refractivity contribution in [1.82, 2.24) is 24.1 Å². The first-order valence-corrected chi connectivity index (χ1v) is 21.0. The fraction of sp³-hybridized carbons (Fsp3) is 0. The van der Waals surface area contributed by atoms with E-state index in [1.807, 2.05) is 60.7 Å². The van der Waals surface area contributed by atoms with Crippen molar-refractivity contribution in [2.75, 3.05) is 0 Å². The van der Waals surface area contributed by atoms with Gasteiger partial charge in [0.1, 0.15) is 0 Å². The highest BCUT2D eigenvalue weighted by Crippen LogP contribution is 2.42. The van der Waals surface area contributed by atoms with E-state index >= 15 is 0 Å². The van der Waals surface area contributed by atoms with Crippen LogP contribution in [0.4, 0.5) is 0 Å². The smallest absolute Gasteiger partial charge is 0.164 e. The zero-order chi connectivity index (χ0) is 41.0. The van der Waals surface area contributed by atoms with Gasteiger partial charge in [-0.15, -0.1) is 0 Å². The molecule has 0 unspecified atom stereocenters. The molecule has 3 aromatic heterocycles. The summed E-state index contributed by atoms with van der Waals surface area (Å²) >= 11 is 0. The second kappa shape index (κ2) is 14.7. The largest absolute Gasteiger partial charge is 0.309 e. The van der Waals surface area contributed by atoms with E-state index in [1.165, 1.54) is 43.7 Å². The van der Waals surface area contributed by atoms with Crippen molar-refractivity contribution in [2.45, 2.75) is 0 Å². The molecular formula is C57H37N5. The van der Waals surface area contributed by atoms with E-state index in [9.17, 15) is 0 Å². The minimum Gasteiger partial charge on any atom is -0.309 e. The molecular weight excluding hydrogens is 755 g/mol. The van der Waals surface area contributed by atoms with Gasteiger partial charge in [-0.1, -0.05) is 170 Å². The van der Waals surface area contributed by atoms with Crippen LogP contribution in [0.1, 0.15) is 0 Å². The number of benzene rings is 9. The lowest BCUT2D eigenvalue weighted by Crippen LogP contribution is -2.00. The van der Waals surface area contributed by atoms with Gasteiger partial charge >= 0.3 is 0 Å². The number of para-hydroxylation sites is 3. The summed E-state index contributed by atoms with van der Waals surface area (Å²) in [5, 5.41) is 4.90. The molecule has 0 saturated heterocycles. The first-order valence-electron chi connectivity index (χ1n) is 21.0. The monoisotopic (exact) mass is 791 g/mol. The Morgan fingerprint density at radius 3 is 1.19 bits per heavy atom. The topological polar surface area (TPSA) is 48.5 Å². The van der Waals surface area contributed by atoms with E-state index in [1.54, 1.807) is 0 Å². The Bertz CT molecular complexity index is 3550. The van der Waals surface area contributed by atoms with Gasteiger partial charge in [-0.2, -0.15) is 0 Å². The Morgan fingerprint density at radius 1 is 0.258 bits per heavy atom. The van der Waals surface area contributed by atoms with E-state index in [2.05, 4.69) is 173 Å². The van der Waals surface area contributed by atoms with E-state index in [0.29, 0.717) is 17.5 Å². The summed E-state index contributed by atoms with van der Waals surface area (Å²) < 4.78 is 4.77. The molecule has 0 bridgehead atoms. The molecule has 0 aliphatic carbocycles. The van der Waals surface area contributed by atoms with Crippen molar-refractivity contribution in [2.24, 2.45) is 0 Å². The summed E-state index contributed by atoms with van der Waals surface area (Å²) in [5.74, 6) is 1.92. The van der Waals surface area contributed by atoms with Crippen LogP contribution in [0.25, 0.3) is 111 Å². The molecule has 5 heteroatoms. The number of nitrogens with zero attached hydrogens (tertiary/aromatic N) is 5. The Labute approximate surface area is 358 Å². The summed E-state index contributed by atoms with van der Waals surface area (Å²) in [7, 11) is 0. The molecule has 0 N–H and O–H groups in total. The normalized spacial score (nSPS) is 11.5. The SMILES string of the molecule is c1ccc(-c2nc(-c3ccccc3)nc(-c3cccc(-c4cccc5c4c4ccccc4n5-c4ccc(-c5cccc6c5c5ccccc5n6-c5ccccc5)cc4)c3)n2)cc1. The number of hydrogen-bond acceptors (Lipinski definition) is 3. The summed E-state index contributed by atoms with van der Waals surface area (Å²) in [6.07, 6.45) is 0. The molecule has 0 atom stereocenters. The molecule has 9 aromatic carbocycles. The summed E-state index contributed by atoms with van der Waals surface area (Å²) in [6.45, 7) is 0. The number of aromatic nitrogens is 5. The zero-order valence-corrected chi connectivity index (χ0v) is 33.6. The molecule has 12 rings (SSSR count). The third kappa shape index (κ3) is 5.90. The number of fused-ring (bicyclic) bond motifs is 6. The Balaban J connectivity index is 0.975. The molecule has 0 saturated carbocycles. The zero-order valence-electron chi connectivity index (χ0n) is 33.6. The van der Waals surface area contributed by atoms with Gasteiger partial charge in [0.05, 0.1) is 22.1 Å². The first kappa shape index (κ1) is 35.5. The van der Waals surface area contributed by atoms with E-state index in [4.69, 9.17) is 15.0 Å². The second-order valence-electron chi connectivity index (χ2n) is 15.6. The van der Waals surface area contributed by atoms with Crippen LogP contribution in [0.3, 0.4) is 0 Å². The van der Waals surface area contributed by atoms with Crippen LogP contribution in [-0.4, -0.2) is 24.1 Å². The van der Waals surface area contributed by atoms with Crippen LogP contribution in [0.5, 0.6) is 0 Å². The van der Waals surface area contributed by atoms with E-state index < -0.39 is 0 Å². The highest BCUT2D eigenvalue weighted by Gasteiger charge is 2.19. The Hall–Kier alpha value is -8.41. The molecule has 62 heavy (non-hydrogen) atoms. The molecule has 0 spiro atoms. The maximum absolute atomic E-state index is 5.04. The standard InChI is InChI=1S/C57H37N5/c1-4-17-39(18-5-1)55-58-56(40-19-6-2-7-20-40)60-57(59-55)42-22-14-21-41(37-42)46-28-16-32-52-54(46)48-26-11-13-30-50(48)62(52)44-35-33-38(34-36-44)45-27-15-31-51-53(45)47-25-10-12-29-49(47)61(51)43-23-8-3-9-24-43/h1-37H. The highest BCUT2D eigenvalue weighted by molar-refractivity contribution is 6.17. The van der Waals surface area contributed by atoms with Crippen LogP contribution < -0.4 is 0 Å². The second-order valence-corrected chi connectivity index (χ2v) is 15.6. The van der Waals surface area contributed by atoms with Crippen LogP contribution in [0.15, 0.2) is 224 Å². The third-order valence-electron chi connectivity index (χ3n) is 12.0. The number of hydrogen-bond donors (Lipinski definition) is 0. The molecule has 0 aliphatic rings. The van der Waals surface area contributed by atoms with Gasteiger partial charge in [-0.05, 0) is 76.9 Å². The summed E-state index contributed by atoms with van der Waals surface area (Å²) in [4.78, 5) is 15.0. The van der Waals surface area contributed by atoms with Crippen molar-refractivity contribution in [3.63, 3.8) is 0 Å². The van der Waals surface area contributed by atoms with Gasteiger partial charge < -0.3 is 9.13 Å². The molecule has 0 amide bonds. The molecule has 290 valence electrons. The molecule has 5 nitrogen and oxygen atoms in total. The van der Waals surface area contributed by atoms with Crippen molar-refractivity contribution >= 4 is 43.6 Å². The quantitative estimate of drug-likeness (QED) is 0.162. The van der Waals surface area contributed by atoms with Gasteiger partial charge in [0.25, 0.3) is 0 Å². The van der Waals surface area contributed by atoms with Crippen molar-refractivity contribution < 1.29 is 0 Å². The Morgan fingerprint density at radius 2 is 0.645 bits per heavy atom. The van der Waals surface area contributed by atoms with E-state index in [-0.39, 0.29) is 0 Å². The maximum Gasteiger partial charge on any atom is 0.164 e. The van der Waals surface area contributed by atoms with Crippen LogP contribution in [-0.2, 0) is 0 Å². The molecule has 0 fully saturated rings. The number of rotatable bonds is 7. The Kier molecular flexibility index (Phi) is 8.42. The van der Waals surface area contributed by atoms with Gasteiger partial charge in [0.15, 0.2) is 17.5 Å². The lowest BCUT2D eigenvalue weighted by atomic mass is 9.97. The fourth-order valence-corrected chi connectivity index (χ4v) is 9.21. The minimum atomic E-state index is 0.634. The lowest BCUT2D eigenvalue weighted by Gasteiger charge is -2.12. The van der Waals surface area contributed by atoms with E-state index in [0.717, 1.165) is 50.2 Å². The van der Waals surface area contributed by atoms with Crippen molar-refractivity contribution in [3.8, 4) is 67.8 Å². The van der Waals surface area contributed by atoms with Crippen LogP contribution in [0.2, 0.25) is 0 Å². The van der Waals surface area contributed by atoms with Gasteiger partial charge in [-0.3, -0.25) is 0 Å². The predicted octanol–water partition coefficient (Wildman–Crippen LogP) is 14.4. The average Bonchev–Trinajstić information content (AvgIpc) is 3.88. The maximum atomic E-state index is 5.04. The average molecular weight is 792 g/mol. The van der Waals surface area contributed by atoms with Gasteiger partial charge in [0.2, 0.25) is 0 Å². The molecule has 0 aliphatic heterocycles. The highest BCUT2D eigenvalue weighted by atomic mass is 15.0. The van der Waals surface area contributed by atoms with Crippen molar-refractivity contribution in [1.29, 1.82) is 0 Å². The van der Waals surface area contributed by atoms with Gasteiger partial charge in [-0.25, -0.2) is 15.0 Å². The van der Waals surface area contributed by atoms with Crippen LogP contribution in [0, 0.1) is 0 Å². The summed E-state index contributed by atoms with van der Waals surface area (Å²) in [5.41, 5.74) is 14.4. The molecule has 0 radical (unpaired) electrons. The molecule has 3 heterocycles. The summed E-state index contributed by atoms with van der Waals surface area (Å²) in [6, 6.07) is 79.3. The third-order valence-corrected chi connectivity index (χ3v) is 12.0. The van der Waals surface area contributed by atoms with Gasteiger partial charge in [0, 0.05) is 49.6 Å². The predicted molar refractivity (Wildman–Crippen MR) is 256 cm³/mol.